The number of aromatic hydroxyl groups is 1. The van der Waals surface area contributed by atoms with Crippen molar-refractivity contribution in [2.24, 2.45) is 0 Å². The summed E-state index contributed by atoms with van der Waals surface area (Å²) in [7, 11) is 1.57. The van der Waals surface area contributed by atoms with Gasteiger partial charge in [-0.05, 0) is 35.4 Å². The predicted octanol–water partition coefficient (Wildman–Crippen LogP) is 2.75. The number of nitriles is 2. The molecule has 0 atom stereocenters. The molecule has 0 unspecified atom stereocenters. The lowest BCUT2D eigenvalue weighted by atomic mass is 9.93. The van der Waals surface area contributed by atoms with E-state index in [0.717, 1.165) is 11.1 Å². The van der Waals surface area contributed by atoms with Crippen LogP contribution in [0.2, 0.25) is 0 Å². The van der Waals surface area contributed by atoms with Gasteiger partial charge in [-0.1, -0.05) is 18.2 Å². The summed E-state index contributed by atoms with van der Waals surface area (Å²) >= 11 is 0. The third kappa shape index (κ3) is 3.06. The highest BCUT2D eigenvalue weighted by Crippen LogP contribution is 2.37. The van der Waals surface area contributed by atoms with E-state index in [1.54, 1.807) is 37.4 Å². The van der Waals surface area contributed by atoms with E-state index in [1.165, 1.54) is 6.07 Å². The second kappa shape index (κ2) is 6.95. The lowest BCUT2D eigenvalue weighted by Crippen LogP contribution is -2.16. The van der Waals surface area contributed by atoms with E-state index in [4.69, 9.17) is 10.5 Å². The summed E-state index contributed by atoms with van der Waals surface area (Å²) in [5.41, 5.74) is 6.38. The normalized spacial score (nSPS) is 10.0. The molecule has 1 heterocycles. The molecule has 2 aromatic carbocycles. The number of nitrogen functional groups attached to an aromatic ring is 1. The zero-order chi connectivity index (χ0) is 19.6. The molecule has 0 saturated heterocycles. The Labute approximate surface area is 154 Å². The molecule has 0 aliphatic carbocycles. The van der Waals surface area contributed by atoms with Gasteiger partial charge in [-0.2, -0.15) is 10.5 Å². The number of nitrogens with two attached hydrogens (primary N) is 1. The lowest BCUT2D eigenvalue weighted by molar-refractivity contribution is 0.415. The summed E-state index contributed by atoms with van der Waals surface area (Å²) in [6, 6.07) is 15.6. The number of methoxy groups -OCH3 is 1. The number of nitrogens with one attached hydrogen (secondary N) is 1. The van der Waals surface area contributed by atoms with Gasteiger partial charge in [0.15, 0.2) is 0 Å². The average Bonchev–Trinajstić information content (AvgIpc) is 2.68. The molecule has 27 heavy (non-hydrogen) atoms. The van der Waals surface area contributed by atoms with Crippen LogP contribution in [-0.4, -0.2) is 17.2 Å². The zero-order valence-electron chi connectivity index (χ0n) is 14.3. The summed E-state index contributed by atoms with van der Waals surface area (Å²) in [5.74, 6) is 0.356. The molecular weight excluding hydrogens is 344 g/mol. The first-order chi connectivity index (χ1) is 13.0. The van der Waals surface area contributed by atoms with Crippen LogP contribution in [0, 0.1) is 22.7 Å². The van der Waals surface area contributed by atoms with E-state index in [-0.39, 0.29) is 33.8 Å². The average molecular weight is 358 g/mol. The summed E-state index contributed by atoms with van der Waals surface area (Å²) in [6.45, 7) is 0. The molecule has 4 N–H and O–H groups in total. The van der Waals surface area contributed by atoms with Crippen LogP contribution in [-0.2, 0) is 0 Å². The van der Waals surface area contributed by atoms with Crippen LogP contribution >= 0.6 is 0 Å². The third-order valence-electron chi connectivity index (χ3n) is 4.16. The number of benzene rings is 2. The van der Waals surface area contributed by atoms with E-state index in [2.05, 4.69) is 4.98 Å². The highest BCUT2D eigenvalue weighted by atomic mass is 16.5. The van der Waals surface area contributed by atoms with Gasteiger partial charge in [-0.25, -0.2) is 0 Å². The summed E-state index contributed by atoms with van der Waals surface area (Å²) in [6.07, 6.45) is 0. The number of phenolic OH excluding ortho intramolecular Hbond substituents is 1. The number of aromatic amines is 1. The van der Waals surface area contributed by atoms with Crippen molar-refractivity contribution in [3.63, 3.8) is 0 Å². The Bertz CT molecular complexity index is 1170. The molecule has 7 heteroatoms. The van der Waals surface area contributed by atoms with Crippen molar-refractivity contribution in [3.8, 4) is 45.9 Å². The van der Waals surface area contributed by atoms with E-state index in [9.17, 15) is 20.4 Å². The lowest BCUT2D eigenvalue weighted by Gasteiger charge is -2.12. The van der Waals surface area contributed by atoms with Crippen LogP contribution in [0.3, 0.4) is 0 Å². The molecule has 0 spiro atoms. The van der Waals surface area contributed by atoms with Crippen LogP contribution < -0.4 is 16.0 Å². The van der Waals surface area contributed by atoms with Crippen molar-refractivity contribution in [3.05, 3.63) is 63.9 Å². The molecule has 0 fully saturated rings. The fourth-order valence-corrected chi connectivity index (χ4v) is 2.81. The predicted molar refractivity (Wildman–Crippen MR) is 100.0 cm³/mol. The largest absolute Gasteiger partial charge is 0.507 e. The number of anilines is 1. The van der Waals surface area contributed by atoms with Crippen molar-refractivity contribution in [2.45, 2.75) is 0 Å². The number of aromatic nitrogens is 1. The molecule has 7 nitrogen and oxygen atoms in total. The van der Waals surface area contributed by atoms with Crippen molar-refractivity contribution < 1.29 is 9.84 Å². The Kier molecular flexibility index (Phi) is 4.52. The van der Waals surface area contributed by atoms with E-state index < -0.39 is 5.56 Å². The van der Waals surface area contributed by atoms with E-state index >= 15 is 0 Å². The SMILES string of the molecule is COc1ccc(-c2ccc(O)c(-c3c(C#N)c(N)[nH]c(=O)c3C#N)c2)cc1. The molecule has 0 amide bonds. The van der Waals surface area contributed by atoms with E-state index in [1.807, 2.05) is 18.2 Å². The molecule has 3 aromatic rings. The van der Waals surface area contributed by atoms with Crippen molar-refractivity contribution >= 4 is 5.82 Å². The second-order valence-corrected chi connectivity index (χ2v) is 5.68. The number of H-pyrrole nitrogens is 1. The van der Waals surface area contributed by atoms with Gasteiger partial charge in [-0.15, -0.1) is 0 Å². The van der Waals surface area contributed by atoms with Crippen LogP contribution in [0.15, 0.2) is 47.3 Å². The molecule has 0 aliphatic rings. The Morgan fingerprint density at radius 2 is 1.67 bits per heavy atom. The quantitative estimate of drug-likeness (QED) is 0.658. The summed E-state index contributed by atoms with van der Waals surface area (Å²) in [5, 5.41) is 29.2. The Morgan fingerprint density at radius 3 is 2.26 bits per heavy atom. The number of ether oxygens (including phenoxy) is 1. The van der Waals surface area contributed by atoms with Gasteiger partial charge >= 0.3 is 0 Å². The Balaban J connectivity index is 2.29. The molecule has 1 aromatic heterocycles. The van der Waals surface area contributed by atoms with Gasteiger partial charge in [0.2, 0.25) is 0 Å². The molecule has 0 aliphatic heterocycles. The number of pyridine rings is 1. The minimum atomic E-state index is -0.724. The molecule has 3 rings (SSSR count). The van der Waals surface area contributed by atoms with Gasteiger partial charge in [0.05, 0.1) is 7.11 Å². The third-order valence-corrected chi connectivity index (χ3v) is 4.16. The second-order valence-electron chi connectivity index (χ2n) is 5.68. The zero-order valence-corrected chi connectivity index (χ0v) is 14.3. The monoisotopic (exact) mass is 358 g/mol. The first-order valence-corrected chi connectivity index (χ1v) is 7.84. The number of phenols is 1. The van der Waals surface area contributed by atoms with Crippen LogP contribution in [0.25, 0.3) is 22.3 Å². The molecule has 0 bridgehead atoms. The number of hydrogen-bond acceptors (Lipinski definition) is 6. The standard InChI is InChI=1S/C20H14N4O3/c1-27-13-5-2-11(3-6-13)12-4-7-17(25)14(8-12)18-15(9-21)19(23)24-20(26)16(18)10-22/h2-8,25H,1H3,(H3,23,24,26). The van der Waals surface area contributed by atoms with Gasteiger partial charge in [0.1, 0.15) is 40.6 Å². The van der Waals surface area contributed by atoms with Crippen LogP contribution in [0.4, 0.5) is 5.82 Å². The number of rotatable bonds is 3. The minimum Gasteiger partial charge on any atom is -0.507 e. The van der Waals surface area contributed by atoms with Gasteiger partial charge in [-0.3, -0.25) is 4.79 Å². The van der Waals surface area contributed by atoms with Gasteiger partial charge < -0.3 is 20.6 Å². The maximum Gasteiger partial charge on any atom is 0.268 e. The first kappa shape index (κ1) is 17.6. The van der Waals surface area contributed by atoms with Gasteiger partial charge in [0, 0.05) is 11.1 Å². The van der Waals surface area contributed by atoms with Crippen molar-refractivity contribution in [1.82, 2.24) is 4.98 Å². The molecular formula is C20H14N4O3. The Morgan fingerprint density at radius 1 is 1.04 bits per heavy atom. The topological polar surface area (TPSA) is 136 Å². The summed E-state index contributed by atoms with van der Waals surface area (Å²) in [4.78, 5) is 14.4. The summed E-state index contributed by atoms with van der Waals surface area (Å²) < 4.78 is 5.14. The smallest absolute Gasteiger partial charge is 0.268 e. The minimum absolute atomic E-state index is 0.00844. The first-order valence-electron chi connectivity index (χ1n) is 7.84. The Hall–Kier alpha value is -4.23. The number of hydrogen-bond donors (Lipinski definition) is 3. The van der Waals surface area contributed by atoms with Gasteiger partial charge in [0.25, 0.3) is 5.56 Å². The molecule has 132 valence electrons. The number of nitrogens with zero attached hydrogens (tertiary/aromatic N) is 2. The fraction of sp³-hybridized carbons (Fsp3) is 0.0500. The molecule has 0 radical (unpaired) electrons. The van der Waals surface area contributed by atoms with Crippen LogP contribution in [0.1, 0.15) is 11.1 Å². The fourth-order valence-electron chi connectivity index (χ4n) is 2.81. The molecule has 0 saturated carbocycles. The van der Waals surface area contributed by atoms with Crippen LogP contribution in [0.5, 0.6) is 11.5 Å². The maximum atomic E-state index is 12.1. The highest BCUT2D eigenvalue weighted by molar-refractivity contribution is 5.86. The van der Waals surface area contributed by atoms with Crippen molar-refractivity contribution in [1.29, 1.82) is 10.5 Å². The van der Waals surface area contributed by atoms with E-state index in [0.29, 0.717) is 5.75 Å². The highest BCUT2D eigenvalue weighted by Gasteiger charge is 2.21. The maximum absolute atomic E-state index is 12.1. The van der Waals surface area contributed by atoms with Crippen molar-refractivity contribution in [2.75, 3.05) is 12.8 Å².